The van der Waals surface area contributed by atoms with Crippen LogP contribution in [0.15, 0.2) is 36.7 Å². The van der Waals surface area contributed by atoms with Crippen LogP contribution in [0, 0.1) is 5.41 Å². The van der Waals surface area contributed by atoms with Crippen molar-refractivity contribution in [3.63, 3.8) is 0 Å². The summed E-state index contributed by atoms with van der Waals surface area (Å²) in [6.07, 6.45) is 6.05. The molecule has 7 nitrogen and oxygen atoms in total. The van der Waals surface area contributed by atoms with Gasteiger partial charge in [-0.2, -0.15) is 0 Å². The Morgan fingerprint density at radius 2 is 1.40 bits per heavy atom. The Bertz CT molecular complexity index is 1100. The van der Waals surface area contributed by atoms with E-state index in [2.05, 4.69) is 113 Å². The van der Waals surface area contributed by atoms with Gasteiger partial charge in [0.2, 0.25) is 0 Å². The van der Waals surface area contributed by atoms with Crippen LogP contribution in [-0.4, -0.2) is 65.9 Å². The van der Waals surface area contributed by atoms with E-state index in [9.17, 15) is 0 Å². The molecular formula is C33H54N6O. The normalized spacial score (nSPS) is 17.6. The zero-order valence-corrected chi connectivity index (χ0v) is 26.8. The lowest BCUT2D eigenvalue weighted by atomic mass is 9.77. The molecule has 2 fully saturated rings. The summed E-state index contributed by atoms with van der Waals surface area (Å²) in [7, 11) is 0. The lowest BCUT2D eigenvalue weighted by molar-refractivity contribution is 0.197. The number of ether oxygens (including phenoxy) is 1. The number of nitrogens with zero attached hydrogens (tertiary/aromatic N) is 4. The van der Waals surface area contributed by atoms with Crippen LogP contribution in [0.4, 0.5) is 11.6 Å². The average molecular weight is 551 g/mol. The van der Waals surface area contributed by atoms with Crippen molar-refractivity contribution in [3.05, 3.63) is 42.2 Å². The quantitative estimate of drug-likeness (QED) is 0.367. The van der Waals surface area contributed by atoms with Crippen molar-refractivity contribution in [2.24, 2.45) is 5.41 Å². The van der Waals surface area contributed by atoms with Crippen LogP contribution >= 0.6 is 0 Å². The fourth-order valence-electron chi connectivity index (χ4n) is 5.48. The SMILES string of the molecule is CC(C)(C)COc1ccc(N2CC(NC(C)(C)CCC(C)(C)c3ccnc(N4CC(NC(C)(C)C)C4)c3)C2)nc1. The summed E-state index contributed by atoms with van der Waals surface area (Å²) in [4.78, 5) is 14.1. The highest BCUT2D eigenvalue weighted by atomic mass is 16.5. The van der Waals surface area contributed by atoms with Crippen LogP contribution in [0.3, 0.4) is 0 Å². The number of pyridine rings is 2. The lowest BCUT2D eigenvalue weighted by Gasteiger charge is -2.45. The molecule has 2 aromatic rings. The predicted octanol–water partition coefficient (Wildman–Crippen LogP) is 5.79. The van der Waals surface area contributed by atoms with Gasteiger partial charge in [-0.05, 0) is 88.1 Å². The van der Waals surface area contributed by atoms with Gasteiger partial charge in [0.25, 0.3) is 0 Å². The van der Waals surface area contributed by atoms with Crippen LogP contribution in [0.5, 0.6) is 5.75 Å². The summed E-state index contributed by atoms with van der Waals surface area (Å²) in [6.45, 7) is 27.3. The summed E-state index contributed by atoms with van der Waals surface area (Å²) in [6, 6.07) is 9.64. The zero-order valence-electron chi connectivity index (χ0n) is 26.8. The third-order valence-corrected chi connectivity index (χ3v) is 7.94. The molecule has 40 heavy (non-hydrogen) atoms. The molecule has 2 N–H and O–H groups in total. The van der Waals surface area contributed by atoms with Crippen LogP contribution in [-0.2, 0) is 5.41 Å². The summed E-state index contributed by atoms with van der Waals surface area (Å²) in [5.41, 5.74) is 1.80. The number of hydrogen-bond acceptors (Lipinski definition) is 7. The minimum Gasteiger partial charge on any atom is -0.491 e. The van der Waals surface area contributed by atoms with E-state index in [-0.39, 0.29) is 21.9 Å². The van der Waals surface area contributed by atoms with Crippen LogP contribution in [0.2, 0.25) is 0 Å². The Labute approximate surface area is 243 Å². The maximum atomic E-state index is 5.87. The summed E-state index contributed by atoms with van der Waals surface area (Å²) >= 11 is 0. The topological polar surface area (TPSA) is 65.6 Å². The predicted molar refractivity (Wildman–Crippen MR) is 168 cm³/mol. The van der Waals surface area contributed by atoms with Gasteiger partial charge in [0.1, 0.15) is 17.4 Å². The third kappa shape index (κ3) is 8.56. The van der Waals surface area contributed by atoms with E-state index < -0.39 is 0 Å². The molecule has 0 spiro atoms. The first-order valence-electron chi connectivity index (χ1n) is 15.1. The summed E-state index contributed by atoms with van der Waals surface area (Å²) in [5, 5.41) is 7.61. The second-order valence-corrected chi connectivity index (χ2v) is 15.6. The summed E-state index contributed by atoms with van der Waals surface area (Å²) in [5.74, 6) is 2.97. The van der Waals surface area contributed by atoms with E-state index in [1.165, 1.54) is 5.56 Å². The zero-order chi connectivity index (χ0) is 29.3. The van der Waals surface area contributed by atoms with Crippen molar-refractivity contribution in [2.45, 2.75) is 111 Å². The minimum absolute atomic E-state index is 0.0608. The standard InChI is InChI=1S/C33H54N6O/c1-30(2,3)23-40-27-11-12-28(35-18-27)38-21-26(22-38)37-33(9,10)15-14-32(7,8)24-13-16-34-29(17-24)39-19-25(20-39)36-31(4,5)6/h11-13,16-18,25-26,36-37H,14-15,19-23H2,1-10H3. The van der Waals surface area contributed by atoms with Gasteiger partial charge in [-0.15, -0.1) is 0 Å². The fraction of sp³-hybridized carbons (Fsp3) is 0.697. The Morgan fingerprint density at radius 1 is 0.775 bits per heavy atom. The Hall–Kier alpha value is -2.38. The molecule has 4 heterocycles. The molecule has 4 rings (SSSR count). The monoisotopic (exact) mass is 550 g/mol. The number of rotatable bonds is 11. The highest BCUT2D eigenvalue weighted by Gasteiger charge is 2.34. The van der Waals surface area contributed by atoms with Gasteiger partial charge in [-0.3, -0.25) is 0 Å². The molecule has 0 unspecified atom stereocenters. The Kier molecular flexibility index (Phi) is 8.77. The van der Waals surface area contributed by atoms with Gasteiger partial charge in [0, 0.05) is 55.5 Å². The first-order chi connectivity index (χ1) is 18.5. The average Bonchev–Trinajstić information content (AvgIpc) is 2.80. The first kappa shape index (κ1) is 30.6. The van der Waals surface area contributed by atoms with E-state index in [0.29, 0.717) is 18.7 Å². The smallest absolute Gasteiger partial charge is 0.137 e. The highest BCUT2D eigenvalue weighted by Crippen LogP contribution is 2.34. The van der Waals surface area contributed by atoms with Crippen molar-refractivity contribution in [1.29, 1.82) is 0 Å². The van der Waals surface area contributed by atoms with Gasteiger partial charge in [0.15, 0.2) is 0 Å². The summed E-state index contributed by atoms with van der Waals surface area (Å²) < 4.78 is 5.87. The third-order valence-electron chi connectivity index (χ3n) is 7.94. The molecule has 0 aliphatic carbocycles. The molecule has 2 saturated heterocycles. The van der Waals surface area contributed by atoms with E-state index >= 15 is 0 Å². The van der Waals surface area contributed by atoms with E-state index in [1.54, 1.807) is 0 Å². The molecule has 0 saturated carbocycles. The van der Waals surface area contributed by atoms with Crippen molar-refractivity contribution in [3.8, 4) is 5.75 Å². The molecular weight excluding hydrogens is 496 g/mol. The van der Waals surface area contributed by atoms with Crippen molar-refractivity contribution in [1.82, 2.24) is 20.6 Å². The molecule has 0 aromatic carbocycles. The molecule has 222 valence electrons. The van der Waals surface area contributed by atoms with Gasteiger partial charge in [0.05, 0.1) is 12.8 Å². The largest absolute Gasteiger partial charge is 0.491 e. The van der Waals surface area contributed by atoms with Gasteiger partial charge in [-0.25, -0.2) is 9.97 Å². The van der Waals surface area contributed by atoms with E-state index in [0.717, 1.165) is 56.4 Å². The van der Waals surface area contributed by atoms with Crippen LogP contribution in [0.1, 0.15) is 87.6 Å². The van der Waals surface area contributed by atoms with Crippen molar-refractivity contribution < 1.29 is 4.74 Å². The van der Waals surface area contributed by atoms with Crippen LogP contribution < -0.4 is 25.2 Å². The number of aromatic nitrogens is 2. The van der Waals surface area contributed by atoms with Crippen molar-refractivity contribution >= 4 is 11.6 Å². The molecule has 0 radical (unpaired) electrons. The highest BCUT2D eigenvalue weighted by molar-refractivity contribution is 5.46. The minimum atomic E-state index is 0.0608. The first-order valence-corrected chi connectivity index (χ1v) is 15.1. The van der Waals surface area contributed by atoms with Gasteiger partial charge in [-0.1, -0.05) is 34.6 Å². The van der Waals surface area contributed by atoms with E-state index in [4.69, 9.17) is 9.72 Å². The molecule has 7 heteroatoms. The molecule has 0 amide bonds. The maximum Gasteiger partial charge on any atom is 0.137 e. The second-order valence-electron chi connectivity index (χ2n) is 15.6. The number of anilines is 2. The van der Waals surface area contributed by atoms with Crippen LogP contribution in [0.25, 0.3) is 0 Å². The fourth-order valence-corrected chi connectivity index (χ4v) is 5.48. The van der Waals surface area contributed by atoms with Gasteiger partial charge >= 0.3 is 0 Å². The Morgan fingerprint density at radius 3 is 1.98 bits per heavy atom. The number of hydrogen-bond donors (Lipinski definition) is 2. The van der Waals surface area contributed by atoms with Gasteiger partial charge < -0.3 is 25.2 Å². The van der Waals surface area contributed by atoms with E-state index in [1.807, 2.05) is 18.5 Å². The maximum absolute atomic E-state index is 5.87. The Balaban J connectivity index is 1.23. The molecule has 2 aliphatic heterocycles. The lowest BCUT2D eigenvalue weighted by Crippen LogP contribution is -2.63. The second kappa shape index (κ2) is 11.5. The molecule has 2 aromatic heterocycles. The van der Waals surface area contributed by atoms with Crippen molar-refractivity contribution in [2.75, 3.05) is 42.6 Å². The number of nitrogens with one attached hydrogen (secondary N) is 2. The molecule has 2 aliphatic rings. The molecule has 0 atom stereocenters. The molecule has 0 bridgehead atoms.